The molecule has 2 N–H and O–H groups in total. The molecule has 4 nitrogen and oxygen atoms in total. The van der Waals surface area contributed by atoms with Gasteiger partial charge in [-0.25, -0.2) is 0 Å². The summed E-state index contributed by atoms with van der Waals surface area (Å²) in [6.45, 7) is 6.52. The molecule has 0 spiro atoms. The van der Waals surface area contributed by atoms with Crippen LogP contribution in [0.25, 0.3) is 0 Å². The van der Waals surface area contributed by atoms with Crippen LogP contribution in [-0.2, 0) is 11.3 Å². The lowest BCUT2D eigenvalue weighted by Gasteiger charge is -2.13. The highest BCUT2D eigenvalue weighted by Crippen LogP contribution is 2.28. The van der Waals surface area contributed by atoms with Crippen molar-refractivity contribution in [3.8, 4) is 5.75 Å². The zero-order valence-corrected chi connectivity index (χ0v) is 19.5. The fourth-order valence-electron chi connectivity index (χ4n) is 2.97. The first-order valence-corrected chi connectivity index (χ1v) is 10.8. The second kappa shape index (κ2) is 10.0. The van der Waals surface area contributed by atoms with Crippen molar-refractivity contribution >= 4 is 44.8 Å². The normalized spacial score (nSPS) is 10.6. The van der Waals surface area contributed by atoms with E-state index < -0.39 is 0 Å². The van der Waals surface area contributed by atoms with Crippen molar-refractivity contribution in [2.24, 2.45) is 0 Å². The molecule has 0 atom stereocenters. The molecule has 0 aliphatic heterocycles. The highest BCUT2D eigenvalue weighted by molar-refractivity contribution is 9.10. The smallest absolute Gasteiger partial charge is 0.262 e. The van der Waals surface area contributed by atoms with Gasteiger partial charge in [-0.3, -0.25) is 4.79 Å². The number of carbonyl (C=O) groups excluding carboxylic acids is 1. The van der Waals surface area contributed by atoms with Crippen LogP contribution in [0.1, 0.15) is 22.3 Å². The minimum absolute atomic E-state index is 0.0642. The molecule has 3 aromatic carbocycles. The largest absolute Gasteiger partial charge is 0.483 e. The Labute approximate surface area is 190 Å². The van der Waals surface area contributed by atoms with Crippen LogP contribution in [0.4, 0.5) is 11.4 Å². The van der Waals surface area contributed by atoms with Crippen molar-refractivity contribution < 1.29 is 9.53 Å². The van der Waals surface area contributed by atoms with E-state index in [4.69, 9.17) is 16.3 Å². The minimum atomic E-state index is -0.197. The maximum atomic E-state index is 12.3. The first-order valence-electron chi connectivity index (χ1n) is 9.61. The van der Waals surface area contributed by atoms with Gasteiger partial charge in [0.2, 0.25) is 0 Å². The van der Waals surface area contributed by atoms with Gasteiger partial charge < -0.3 is 15.4 Å². The third kappa shape index (κ3) is 5.77. The average Bonchev–Trinajstić information content (AvgIpc) is 2.71. The molecule has 0 bridgehead atoms. The fourth-order valence-corrected chi connectivity index (χ4v) is 3.68. The molecule has 6 heteroatoms. The first kappa shape index (κ1) is 22.2. The molecule has 0 fully saturated rings. The summed E-state index contributed by atoms with van der Waals surface area (Å²) in [6, 6.07) is 17.6. The Morgan fingerprint density at radius 2 is 1.83 bits per heavy atom. The van der Waals surface area contributed by atoms with E-state index in [2.05, 4.69) is 26.6 Å². The van der Waals surface area contributed by atoms with E-state index in [0.717, 1.165) is 43.1 Å². The van der Waals surface area contributed by atoms with Gasteiger partial charge in [0.05, 0.1) is 4.47 Å². The molecule has 0 aliphatic rings. The predicted octanol–water partition coefficient (Wildman–Crippen LogP) is 6.66. The van der Waals surface area contributed by atoms with Gasteiger partial charge >= 0.3 is 0 Å². The van der Waals surface area contributed by atoms with Crippen molar-refractivity contribution in [2.45, 2.75) is 27.3 Å². The lowest BCUT2D eigenvalue weighted by molar-refractivity contribution is -0.118. The number of amides is 1. The minimum Gasteiger partial charge on any atom is -0.483 e. The van der Waals surface area contributed by atoms with Crippen LogP contribution in [-0.4, -0.2) is 12.5 Å². The molecule has 0 saturated heterocycles. The number of ether oxygens (including phenoxy) is 1. The number of nitrogens with one attached hydrogen (secondary N) is 2. The van der Waals surface area contributed by atoms with Gasteiger partial charge in [0.1, 0.15) is 5.75 Å². The van der Waals surface area contributed by atoms with Crippen LogP contribution in [0.3, 0.4) is 0 Å². The van der Waals surface area contributed by atoms with Crippen LogP contribution in [0.15, 0.2) is 59.1 Å². The number of rotatable bonds is 7. The van der Waals surface area contributed by atoms with Crippen LogP contribution in [0, 0.1) is 20.8 Å². The van der Waals surface area contributed by atoms with E-state index in [9.17, 15) is 4.79 Å². The van der Waals surface area contributed by atoms with Gasteiger partial charge in [-0.2, -0.15) is 0 Å². The van der Waals surface area contributed by atoms with Gasteiger partial charge in [0.25, 0.3) is 5.91 Å². The lowest BCUT2D eigenvalue weighted by Crippen LogP contribution is -2.20. The Balaban J connectivity index is 1.56. The summed E-state index contributed by atoms with van der Waals surface area (Å²) in [6.07, 6.45) is 0. The summed E-state index contributed by atoms with van der Waals surface area (Å²) in [4.78, 5) is 12.3. The average molecular weight is 488 g/mol. The Hall–Kier alpha value is -2.50. The van der Waals surface area contributed by atoms with Gasteiger partial charge in [-0.1, -0.05) is 35.9 Å². The number of benzene rings is 3. The van der Waals surface area contributed by atoms with Crippen LogP contribution in [0.2, 0.25) is 5.02 Å². The van der Waals surface area contributed by atoms with E-state index in [1.807, 2.05) is 75.4 Å². The predicted molar refractivity (Wildman–Crippen MR) is 128 cm³/mol. The number of hydrogen-bond donors (Lipinski definition) is 2. The molecule has 0 radical (unpaired) electrons. The molecule has 3 aromatic rings. The summed E-state index contributed by atoms with van der Waals surface area (Å²) in [5, 5.41) is 7.03. The quantitative estimate of drug-likeness (QED) is 0.392. The summed E-state index contributed by atoms with van der Waals surface area (Å²) in [5.41, 5.74) is 6.02. The summed E-state index contributed by atoms with van der Waals surface area (Å²) in [5.74, 6) is 0.423. The zero-order valence-electron chi connectivity index (χ0n) is 17.2. The Bertz CT molecular complexity index is 1070. The van der Waals surface area contributed by atoms with E-state index in [-0.39, 0.29) is 12.5 Å². The fraction of sp³-hybridized carbons (Fsp3) is 0.208. The van der Waals surface area contributed by atoms with Crippen molar-refractivity contribution in [1.82, 2.24) is 0 Å². The molecule has 0 heterocycles. The van der Waals surface area contributed by atoms with Gasteiger partial charge in [-0.15, -0.1) is 0 Å². The summed E-state index contributed by atoms with van der Waals surface area (Å²) < 4.78 is 6.49. The maximum absolute atomic E-state index is 12.3. The maximum Gasteiger partial charge on any atom is 0.262 e. The number of hydrogen-bond acceptors (Lipinski definition) is 3. The van der Waals surface area contributed by atoms with Gasteiger partial charge in [0.15, 0.2) is 6.61 Å². The number of halogens is 2. The Morgan fingerprint density at radius 3 is 2.60 bits per heavy atom. The van der Waals surface area contributed by atoms with Crippen molar-refractivity contribution in [2.75, 3.05) is 17.2 Å². The lowest BCUT2D eigenvalue weighted by atomic mass is 10.1. The molecule has 0 unspecified atom stereocenters. The first-order chi connectivity index (χ1) is 14.3. The zero-order chi connectivity index (χ0) is 21.7. The molecule has 0 saturated carbocycles. The van der Waals surface area contributed by atoms with Gasteiger partial charge in [-0.05, 0) is 89.3 Å². The number of aryl methyl sites for hydroxylation is 2. The second-order valence-electron chi connectivity index (χ2n) is 7.19. The summed E-state index contributed by atoms with van der Waals surface area (Å²) >= 11 is 9.70. The second-order valence-corrected chi connectivity index (χ2v) is 8.45. The highest BCUT2D eigenvalue weighted by Gasteiger charge is 2.09. The van der Waals surface area contributed by atoms with Crippen molar-refractivity contribution in [1.29, 1.82) is 0 Å². The Morgan fingerprint density at radius 1 is 1.03 bits per heavy atom. The molecular weight excluding hydrogens is 464 g/mol. The van der Waals surface area contributed by atoms with Gasteiger partial charge in [0, 0.05) is 22.9 Å². The van der Waals surface area contributed by atoms with E-state index in [0.29, 0.717) is 12.3 Å². The summed E-state index contributed by atoms with van der Waals surface area (Å²) in [7, 11) is 0. The van der Waals surface area contributed by atoms with E-state index >= 15 is 0 Å². The molecular formula is C24H24BrClN2O2. The third-order valence-electron chi connectivity index (χ3n) is 4.77. The van der Waals surface area contributed by atoms with Crippen molar-refractivity contribution in [3.05, 3.63) is 86.3 Å². The van der Waals surface area contributed by atoms with Crippen LogP contribution in [0.5, 0.6) is 5.75 Å². The monoisotopic (exact) mass is 486 g/mol. The molecule has 30 heavy (non-hydrogen) atoms. The number of carbonyl (C=O) groups is 1. The van der Waals surface area contributed by atoms with Crippen molar-refractivity contribution in [3.63, 3.8) is 0 Å². The topological polar surface area (TPSA) is 50.4 Å². The van der Waals surface area contributed by atoms with E-state index in [1.54, 1.807) is 0 Å². The molecule has 0 aromatic heterocycles. The Kier molecular flexibility index (Phi) is 7.40. The highest BCUT2D eigenvalue weighted by atomic mass is 79.9. The number of anilines is 2. The molecule has 156 valence electrons. The molecule has 1 amide bonds. The molecule has 3 rings (SSSR count). The van der Waals surface area contributed by atoms with Crippen LogP contribution >= 0.6 is 27.5 Å². The van der Waals surface area contributed by atoms with E-state index in [1.165, 1.54) is 0 Å². The standard InChI is InChI=1S/C24H24BrClN2O2/c1-15-7-8-16(2)22(11-15)28-24(29)14-30-23-10-9-18(12-19(23)25)13-27-21-6-4-5-20(26)17(21)3/h4-12,27H,13-14H2,1-3H3,(H,28,29). The third-order valence-corrected chi connectivity index (χ3v) is 5.80. The SMILES string of the molecule is Cc1ccc(C)c(NC(=O)COc2ccc(CNc3cccc(Cl)c3C)cc2Br)c1. The molecule has 0 aliphatic carbocycles. The van der Waals surface area contributed by atoms with Crippen LogP contribution < -0.4 is 15.4 Å².